The summed E-state index contributed by atoms with van der Waals surface area (Å²) in [6, 6.07) is 13.5. The smallest absolute Gasteiger partial charge is 0.326 e. The van der Waals surface area contributed by atoms with Crippen molar-refractivity contribution < 1.29 is 28.6 Å². The summed E-state index contributed by atoms with van der Waals surface area (Å²) in [7, 11) is 0. The molecule has 0 saturated heterocycles. The minimum absolute atomic E-state index is 0.107. The number of rotatable bonds is 6. The number of para-hydroxylation sites is 1. The Morgan fingerprint density at radius 2 is 1.81 bits per heavy atom. The highest BCUT2D eigenvalue weighted by molar-refractivity contribution is 5.97. The lowest BCUT2D eigenvalue weighted by atomic mass is 10.2. The molecule has 0 bridgehead atoms. The maximum atomic E-state index is 12.1. The Labute approximate surface area is 155 Å². The number of benzene rings is 2. The minimum atomic E-state index is -1.000. The lowest BCUT2D eigenvalue weighted by molar-refractivity contribution is -0.152. The molecule has 0 fully saturated rings. The highest BCUT2D eigenvalue weighted by Crippen LogP contribution is 2.32. The number of anilines is 1. The van der Waals surface area contributed by atoms with Crippen molar-refractivity contribution in [3.05, 3.63) is 54.1 Å². The van der Waals surface area contributed by atoms with Crippen molar-refractivity contribution in [1.29, 1.82) is 0 Å². The van der Waals surface area contributed by atoms with Crippen LogP contribution in [0, 0.1) is 0 Å². The standard InChI is InChI=1S/C19H18N2O6/c1-12(18(23)21-14-5-3-2-4-6-14)27-17(22)10-20-19(24)13-7-8-15-16(9-13)26-11-25-15/h2-9,12H,10-11H2,1H3,(H,20,24)(H,21,23)/t12-/m1/s1. The number of esters is 1. The predicted octanol–water partition coefficient (Wildman–Crippen LogP) is 1.72. The van der Waals surface area contributed by atoms with Gasteiger partial charge in [-0.25, -0.2) is 0 Å². The number of carbonyl (C=O) groups is 3. The van der Waals surface area contributed by atoms with Crippen LogP contribution in [0.4, 0.5) is 5.69 Å². The molecule has 1 heterocycles. The Morgan fingerprint density at radius 3 is 2.59 bits per heavy atom. The summed E-state index contributed by atoms with van der Waals surface area (Å²) in [5, 5.41) is 5.07. The van der Waals surface area contributed by atoms with Gasteiger partial charge in [0, 0.05) is 11.3 Å². The van der Waals surface area contributed by atoms with E-state index in [-0.39, 0.29) is 13.3 Å². The molecule has 0 aliphatic carbocycles. The molecule has 2 aromatic carbocycles. The average molecular weight is 370 g/mol. The summed E-state index contributed by atoms with van der Waals surface area (Å²) in [6.07, 6.45) is -1.000. The number of hydrogen-bond acceptors (Lipinski definition) is 6. The number of hydrogen-bond donors (Lipinski definition) is 2. The highest BCUT2D eigenvalue weighted by atomic mass is 16.7. The second-order valence-electron chi connectivity index (χ2n) is 5.74. The molecular weight excluding hydrogens is 352 g/mol. The van der Waals surface area contributed by atoms with E-state index in [0.29, 0.717) is 22.7 Å². The third-order valence-electron chi connectivity index (χ3n) is 3.75. The van der Waals surface area contributed by atoms with Gasteiger partial charge in [0.1, 0.15) is 6.54 Å². The number of ether oxygens (including phenoxy) is 3. The van der Waals surface area contributed by atoms with Crippen molar-refractivity contribution in [2.24, 2.45) is 0 Å². The molecule has 140 valence electrons. The van der Waals surface area contributed by atoms with Gasteiger partial charge < -0.3 is 24.8 Å². The Balaban J connectivity index is 1.46. The van der Waals surface area contributed by atoms with E-state index >= 15 is 0 Å². The van der Waals surface area contributed by atoms with Crippen molar-refractivity contribution in [3.63, 3.8) is 0 Å². The number of fused-ring (bicyclic) bond motifs is 1. The molecule has 2 N–H and O–H groups in total. The van der Waals surface area contributed by atoms with Crippen molar-refractivity contribution in [2.75, 3.05) is 18.7 Å². The van der Waals surface area contributed by atoms with E-state index in [1.54, 1.807) is 36.4 Å². The maximum absolute atomic E-state index is 12.1. The van der Waals surface area contributed by atoms with Crippen molar-refractivity contribution in [1.82, 2.24) is 5.32 Å². The van der Waals surface area contributed by atoms with E-state index in [2.05, 4.69) is 10.6 Å². The zero-order chi connectivity index (χ0) is 19.2. The fourth-order valence-electron chi connectivity index (χ4n) is 2.35. The molecule has 2 amide bonds. The normalized spacial score (nSPS) is 12.8. The molecule has 1 atom stereocenters. The van der Waals surface area contributed by atoms with Crippen LogP contribution < -0.4 is 20.1 Å². The summed E-state index contributed by atoms with van der Waals surface area (Å²) in [4.78, 5) is 36.0. The summed E-state index contributed by atoms with van der Waals surface area (Å²) in [5.41, 5.74) is 0.920. The van der Waals surface area contributed by atoms with Crippen LogP contribution >= 0.6 is 0 Å². The van der Waals surface area contributed by atoms with Gasteiger partial charge >= 0.3 is 5.97 Å². The van der Waals surface area contributed by atoms with Gasteiger partial charge in [0.15, 0.2) is 17.6 Å². The van der Waals surface area contributed by atoms with Crippen LogP contribution in [0.2, 0.25) is 0 Å². The molecule has 8 nitrogen and oxygen atoms in total. The number of amides is 2. The lowest BCUT2D eigenvalue weighted by Crippen LogP contribution is -2.35. The monoisotopic (exact) mass is 370 g/mol. The van der Waals surface area contributed by atoms with Crippen LogP contribution in [0.3, 0.4) is 0 Å². The van der Waals surface area contributed by atoms with Gasteiger partial charge in [-0.3, -0.25) is 14.4 Å². The SMILES string of the molecule is C[C@@H](OC(=O)CNC(=O)c1ccc2c(c1)OCO2)C(=O)Nc1ccccc1. The molecule has 0 aromatic heterocycles. The first-order valence-electron chi connectivity index (χ1n) is 8.26. The molecular formula is C19H18N2O6. The highest BCUT2D eigenvalue weighted by Gasteiger charge is 2.20. The fourth-order valence-corrected chi connectivity index (χ4v) is 2.35. The van der Waals surface area contributed by atoms with E-state index in [0.717, 1.165) is 0 Å². The van der Waals surface area contributed by atoms with Gasteiger partial charge in [-0.05, 0) is 37.3 Å². The first kappa shape index (κ1) is 18.2. The molecule has 8 heteroatoms. The van der Waals surface area contributed by atoms with Gasteiger partial charge in [0.05, 0.1) is 0 Å². The molecule has 3 rings (SSSR count). The first-order chi connectivity index (χ1) is 13.0. The van der Waals surface area contributed by atoms with Crippen LogP contribution in [0.1, 0.15) is 17.3 Å². The number of nitrogens with one attached hydrogen (secondary N) is 2. The predicted molar refractivity (Wildman–Crippen MR) is 95.5 cm³/mol. The Kier molecular flexibility index (Phi) is 5.55. The Morgan fingerprint density at radius 1 is 1.07 bits per heavy atom. The van der Waals surface area contributed by atoms with Crippen LogP contribution in [0.5, 0.6) is 11.5 Å². The molecule has 2 aromatic rings. The first-order valence-corrected chi connectivity index (χ1v) is 8.26. The third-order valence-corrected chi connectivity index (χ3v) is 3.75. The van der Waals surface area contributed by atoms with Crippen molar-refractivity contribution in [2.45, 2.75) is 13.0 Å². The fraction of sp³-hybridized carbons (Fsp3) is 0.211. The molecule has 0 saturated carbocycles. The van der Waals surface area contributed by atoms with E-state index in [4.69, 9.17) is 14.2 Å². The largest absolute Gasteiger partial charge is 0.454 e. The summed E-state index contributed by atoms with van der Waals surface area (Å²) in [5.74, 6) is -0.622. The van der Waals surface area contributed by atoms with Gasteiger partial charge in [-0.2, -0.15) is 0 Å². The second-order valence-corrected chi connectivity index (χ2v) is 5.74. The van der Waals surface area contributed by atoms with Crippen molar-refractivity contribution >= 4 is 23.5 Å². The van der Waals surface area contributed by atoms with Crippen LogP contribution in [-0.4, -0.2) is 37.2 Å². The van der Waals surface area contributed by atoms with Gasteiger partial charge in [-0.1, -0.05) is 18.2 Å². The molecule has 0 unspecified atom stereocenters. The molecule has 0 radical (unpaired) electrons. The maximum Gasteiger partial charge on any atom is 0.326 e. The van der Waals surface area contributed by atoms with Crippen molar-refractivity contribution in [3.8, 4) is 11.5 Å². The second kappa shape index (κ2) is 8.22. The van der Waals surface area contributed by atoms with Gasteiger partial charge in [-0.15, -0.1) is 0 Å². The van der Waals surface area contributed by atoms with Crippen LogP contribution in [0.15, 0.2) is 48.5 Å². The third kappa shape index (κ3) is 4.75. The van der Waals surface area contributed by atoms with Gasteiger partial charge in [0.25, 0.3) is 11.8 Å². The lowest BCUT2D eigenvalue weighted by Gasteiger charge is -2.14. The van der Waals surface area contributed by atoms with E-state index in [1.807, 2.05) is 6.07 Å². The zero-order valence-electron chi connectivity index (χ0n) is 14.6. The van der Waals surface area contributed by atoms with E-state index in [9.17, 15) is 14.4 Å². The number of carbonyl (C=O) groups excluding carboxylic acids is 3. The Hall–Kier alpha value is -3.55. The Bertz CT molecular complexity index is 853. The van der Waals surface area contributed by atoms with E-state index < -0.39 is 23.9 Å². The topological polar surface area (TPSA) is 103 Å². The van der Waals surface area contributed by atoms with Crippen LogP contribution in [0.25, 0.3) is 0 Å². The van der Waals surface area contributed by atoms with Crippen LogP contribution in [-0.2, 0) is 14.3 Å². The molecule has 27 heavy (non-hydrogen) atoms. The van der Waals surface area contributed by atoms with E-state index in [1.165, 1.54) is 13.0 Å². The summed E-state index contributed by atoms with van der Waals surface area (Å²) >= 11 is 0. The van der Waals surface area contributed by atoms with Gasteiger partial charge in [0.2, 0.25) is 6.79 Å². The minimum Gasteiger partial charge on any atom is -0.454 e. The molecule has 0 spiro atoms. The average Bonchev–Trinajstić information content (AvgIpc) is 3.14. The zero-order valence-corrected chi connectivity index (χ0v) is 14.6. The molecule has 1 aliphatic heterocycles. The summed E-state index contributed by atoms with van der Waals surface area (Å²) < 4.78 is 15.4. The molecule has 1 aliphatic rings. The summed E-state index contributed by atoms with van der Waals surface area (Å²) in [6.45, 7) is 1.20. The quantitative estimate of drug-likeness (QED) is 0.751.